The largest absolute Gasteiger partial charge is 0.429 e. The van der Waals surface area contributed by atoms with Crippen LogP contribution in [0.5, 0.6) is 0 Å². The van der Waals surface area contributed by atoms with Gasteiger partial charge in [-0.2, -0.15) is 0 Å². The summed E-state index contributed by atoms with van der Waals surface area (Å²) >= 11 is 0. The number of rotatable bonds is 2. The van der Waals surface area contributed by atoms with Gasteiger partial charge in [-0.1, -0.05) is 44.9 Å². The van der Waals surface area contributed by atoms with E-state index in [0.29, 0.717) is 11.6 Å². The fraction of sp³-hybridized carbons (Fsp3) is 1.00. The molecule has 85 valence electrons. The van der Waals surface area contributed by atoms with Gasteiger partial charge in [0.25, 0.3) is 0 Å². The van der Waals surface area contributed by atoms with Gasteiger partial charge in [0, 0.05) is 0 Å². The molecule has 1 heterocycles. The predicted molar refractivity (Wildman–Crippen MR) is 60.9 cm³/mol. The minimum atomic E-state index is -1.24. The molecule has 0 aromatic rings. The maximum Gasteiger partial charge on any atom is 0.247 e. The Hall–Kier alpha value is 0.137. The molecule has 0 aromatic carbocycles. The van der Waals surface area contributed by atoms with E-state index in [1.54, 1.807) is 0 Å². The van der Waals surface area contributed by atoms with Crippen LogP contribution in [0.15, 0.2) is 0 Å². The molecule has 0 bridgehead atoms. The molecule has 2 nitrogen and oxygen atoms in total. The van der Waals surface area contributed by atoms with E-state index in [1.807, 2.05) is 0 Å². The third kappa shape index (κ3) is 1.69. The van der Waals surface area contributed by atoms with E-state index in [4.69, 9.17) is 4.74 Å². The van der Waals surface area contributed by atoms with E-state index in [9.17, 15) is 4.80 Å². The molecule has 1 radical (unpaired) electrons. The Balaban J connectivity index is 1.66. The van der Waals surface area contributed by atoms with Gasteiger partial charge in [0.2, 0.25) is 9.04 Å². The predicted octanol–water partition coefficient (Wildman–Crippen LogP) is 2.56. The topological polar surface area (TPSA) is 32.8 Å². The maximum atomic E-state index is 10.6. The van der Waals surface area contributed by atoms with Crippen molar-refractivity contribution >= 4 is 9.04 Å². The normalized spacial score (nSPS) is 41.6. The lowest BCUT2D eigenvalue weighted by Crippen LogP contribution is -2.42. The van der Waals surface area contributed by atoms with Crippen LogP contribution in [0.4, 0.5) is 0 Å². The van der Waals surface area contributed by atoms with Crippen LogP contribution in [0.3, 0.4) is 0 Å². The Morgan fingerprint density at radius 3 is 2.47 bits per heavy atom. The van der Waals surface area contributed by atoms with Gasteiger partial charge in [-0.15, -0.1) is 0 Å². The van der Waals surface area contributed by atoms with E-state index in [0.717, 1.165) is 6.42 Å². The zero-order valence-corrected chi connectivity index (χ0v) is 10.4. The van der Waals surface area contributed by atoms with Gasteiger partial charge in [0.15, 0.2) is 0 Å². The highest BCUT2D eigenvalue weighted by Gasteiger charge is 2.64. The van der Waals surface area contributed by atoms with E-state index < -0.39 is 9.04 Å². The standard InChI is InChI=1S/C12H21O2Si/c13-15(10-6-2-1-3-7-10)12-9-5-4-8-11(12)14-12/h10-11,13H,1-9H2. The molecule has 2 atom stereocenters. The summed E-state index contributed by atoms with van der Waals surface area (Å²) < 4.78 is 5.88. The van der Waals surface area contributed by atoms with Crippen LogP contribution in [0.25, 0.3) is 0 Å². The molecule has 0 spiro atoms. The monoisotopic (exact) mass is 225 g/mol. The van der Waals surface area contributed by atoms with Crippen LogP contribution in [0.2, 0.25) is 5.54 Å². The summed E-state index contributed by atoms with van der Waals surface area (Å²) in [6.07, 6.45) is 12.0. The quantitative estimate of drug-likeness (QED) is 0.579. The molecule has 2 saturated carbocycles. The molecule has 2 aliphatic carbocycles. The average molecular weight is 225 g/mol. The van der Waals surface area contributed by atoms with Crippen molar-refractivity contribution in [3.63, 3.8) is 0 Å². The second-order valence-electron chi connectivity index (χ2n) is 5.46. The van der Waals surface area contributed by atoms with Gasteiger partial charge in [-0.25, -0.2) is 0 Å². The van der Waals surface area contributed by atoms with Crippen molar-refractivity contribution in [2.75, 3.05) is 0 Å². The first-order valence-corrected chi connectivity index (χ1v) is 8.09. The summed E-state index contributed by atoms with van der Waals surface area (Å²) in [6.45, 7) is 0. The van der Waals surface area contributed by atoms with Crippen molar-refractivity contribution in [1.82, 2.24) is 0 Å². The zero-order valence-electron chi connectivity index (χ0n) is 9.37. The second-order valence-corrected chi connectivity index (χ2v) is 7.90. The van der Waals surface area contributed by atoms with Crippen LogP contribution in [0, 0.1) is 0 Å². The first-order chi connectivity index (χ1) is 7.33. The third-order valence-electron chi connectivity index (χ3n) is 4.51. The SMILES string of the molecule is O[Si](C1CCCCC1)C12CCCCC1O2. The molecular formula is C12H21O2Si. The minimum absolute atomic E-state index is 0.0188. The molecule has 1 aliphatic heterocycles. The van der Waals surface area contributed by atoms with Crippen LogP contribution >= 0.6 is 0 Å². The molecule has 3 rings (SSSR count). The Morgan fingerprint density at radius 1 is 1.00 bits per heavy atom. The number of hydrogen-bond donors (Lipinski definition) is 1. The fourth-order valence-corrected chi connectivity index (χ4v) is 6.34. The van der Waals surface area contributed by atoms with Crippen LogP contribution in [-0.2, 0) is 4.74 Å². The molecule has 0 aromatic heterocycles. The highest BCUT2D eigenvalue weighted by molar-refractivity contribution is 6.57. The van der Waals surface area contributed by atoms with Crippen molar-refractivity contribution < 1.29 is 9.53 Å². The van der Waals surface area contributed by atoms with Crippen molar-refractivity contribution in [3.8, 4) is 0 Å². The van der Waals surface area contributed by atoms with E-state index in [1.165, 1.54) is 51.4 Å². The number of epoxide rings is 1. The molecule has 3 aliphatic rings. The van der Waals surface area contributed by atoms with Gasteiger partial charge < -0.3 is 9.53 Å². The van der Waals surface area contributed by atoms with Crippen molar-refractivity contribution in [2.45, 2.75) is 74.7 Å². The maximum absolute atomic E-state index is 10.6. The smallest absolute Gasteiger partial charge is 0.247 e. The Labute approximate surface area is 93.7 Å². The highest BCUT2D eigenvalue weighted by atomic mass is 28.3. The lowest BCUT2D eigenvalue weighted by Gasteiger charge is -2.30. The molecular weight excluding hydrogens is 204 g/mol. The van der Waals surface area contributed by atoms with Gasteiger partial charge in [0.05, 0.1) is 6.10 Å². The highest BCUT2D eigenvalue weighted by Crippen LogP contribution is 2.52. The van der Waals surface area contributed by atoms with Gasteiger partial charge in [-0.05, 0) is 18.4 Å². The first kappa shape index (κ1) is 10.3. The van der Waals surface area contributed by atoms with Crippen molar-refractivity contribution in [2.24, 2.45) is 0 Å². The van der Waals surface area contributed by atoms with Crippen LogP contribution < -0.4 is 0 Å². The Morgan fingerprint density at radius 2 is 1.73 bits per heavy atom. The molecule has 3 heteroatoms. The lowest BCUT2D eigenvalue weighted by atomic mass is 9.99. The molecule has 0 amide bonds. The molecule has 15 heavy (non-hydrogen) atoms. The van der Waals surface area contributed by atoms with E-state index in [-0.39, 0.29) is 5.22 Å². The summed E-state index contributed by atoms with van der Waals surface area (Å²) in [5.74, 6) is 0. The average Bonchev–Trinajstić information content (AvgIpc) is 3.05. The van der Waals surface area contributed by atoms with Gasteiger partial charge >= 0.3 is 0 Å². The number of hydrogen-bond acceptors (Lipinski definition) is 2. The molecule has 2 unspecified atom stereocenters. The number of fused-ring (bicyclic) bond motifs is 1. The second kappa shape index (κ2) is 3.86. The van der Waals surface area contributed by atoms with Crippen LogP contribution in [-0.4, -0.2) is 25.2 Å². The van der Waals surface area contributed by atoms with E-state index in [2.05, 4.69) is 0 Å². The third-order valence-corrected chi connectivity index (χ3v) is 7.41. The van der Waals surface area contributed by atoms with Gasteiger partial charge in [0.1, 0.15) is 5.22 Å². The van der Waals surface area contributed by atoms with Crippen molar-refractivity contribution in [3.05, 3.63) is 0 Å². The van der Waals surface area contributed by atoms with Crippen molar-refractivity contribution in [1.29, 1.82) is 0 Å². The Kier molecular flexibility index (Phi) is 2.65. The fourth-order valence-electron chi connectivity index (χ4n) is 3.52. The summed E-state index contributed by atoms with van der Waals surface area (Å²) in [7, 11) is -1.24. The first-order valence-electron chi connectivity index (χ1n) is 6.57. The molecule has 3 fully saturated rings. The molecule has 1 saturated heterocycles. The zero-order chi connectivity index (χ0) is 10.3. The summed E-state index contributed by atoms with van der Waals surface area (Å²) in [6, 6.07) is 0. The molecule has 1 N–H and O–H groups in total. The minimum Gasteiger partial charge on any atom is -0.429 e. The van der Waals surface area contributed by atoms with Crippen LogP contribution in [0.1, 0.15) is 57.8 Å². The summed E-state index contributed by atoms with van der Waals surface area (Å²) in [5.41, 5.74) is 0.631. The summed E-state index contributed by atoms with van der Waals surface area (Å²) in [5, 5.41) is 0.0188. The lowest BCUT2D eigenvalue weighted by molar-refractivity contribution is 0.314. The Bertz CT molecular complexity index is 240. The van der Waals surface area contributed by atoms with E-state index >= 15 is 0 Å². The number of ether oxygens (including phenoxy) is 1. The van der Waals surface area contributed by atoms with Gasteiger partial charge in [-0.3, -0.25) is 0 Å². The summed E-state index contributed by atoms with van der Waals surface area (Å²) in [4.78, 5) is 10.6.